The summed E-state index contributed by atoms with van der Waals surface area (Å²) in [5, 5.41) is 0. The molecule has 11 atom stereocenters. The second kappa shape index (κ2) is 12.6. The number of hydrogen-bond acceptors (Lipinski definition) is 5. The fraction of sp³-hybridized carbons (Fsp3) is 0.848. The molecule has 0 spiro atoms. The Balaban J connectivity index is 1.56. The van der Waals surface area contributed by atoms with E-state index >= 15 is 0 Å². The van der Waals surface area contributed by atoms with Crippen LogP contribution in [0.4, 0.5) is 0 Å². The van der Waals surface area contributed by atoms with Crippen molar-refractivity contribution in [2.24, 2.45) is 46.3 Å². The van der Waals surface area contributed by atoms with Gasteiger partial charge < -0.3 is 18.9 Å². The minimum Gasteiger partial charge on any atom is -0.465 e. The van der Waals surface area contributed by atoms with Crippen LogP contribution in [0.2, 0.25) is 0 Å². The van der Waals surface area contributed by atoms with Gasteiger partial charge in [-0.15, -0.1) is 13.2 Å². The highest BCUT2D eigenvalue weighted by atomic mass is 16.5. The molecular formula is C33H54O5. The fourth-order valence-corrected chi connectivity index (χ4v) is 9.93. The van der Waals surface area contributed by atoms with Crippen molar-refractivity contribution in [2.75, 3.05) is 27.4 Å². The van der Waals surface area contributed by atoms with Gasteiger partial charge in [0.2, 0.25) is 0 Å². The summed E-state index contributed by atoms with van der Waals surface area (Å²) in [6.45, 7) is 16.3. The first-order valence-corrected chi connectivity index (χ1v) is 15.3. The number of hydrogen-bond donors (Lipinski definition) is 0. The molecule has 38 heavy (non-hydrogen) atoms. The molecule has 0 radical (unpaired) electrons. The van der Waals surface area contributed by atoms with Crippen LogP contribution in [0, 0.1) is 46.3 Å². The van der Waals surface area contributed by atoms with E-state index < -0.39 is 0 Å². The molecular weight excluding hydrogens is 476 g/mol. The largest absolute Gasteiger partial charge is 0.465 e. The first-order valence-electron chi connectivity index (χ1n) is 15.3. The van der Waals surface area contributed by atoms with E-state index in [1.807, 2.05) is 20.3 Å². The summed E-state index contributed by atoms with van der Waals surface area (Å²) in [4.78, 5) is 11.7. The zero-order chi connectivity index (χ0) is 27.5. The van der Waals surface area contributed by atoms with Crippen LogP contribution >= 0.6 is 0 Å². The van der Waals surface area contributed by atoms with Crippen molar-refractivity contribution in [2.45, 2.75) is 103 Å². The van der Waals surface area contributed by atoms with Gasteiger partial charge in [-0.2, -0.15) is 0 Å². The maximum Gasteiger partial charge on any atom is 0.309 e. The first kappa shape index (κ1) is 29.8. The monoisotopic (exact) mass is 530 g/mol. The smallest absolute Gasteiger partial charge is 0.309 e. The molecule has 0 bridgehead atoms. The van der Waals surface area contributed by atoms with Crippen LogP contribution in [-0.2, 0) is 23.7 Å². The van der Waals surface area contributed by atoms with Gasteiger partial charge in [0.25, 0.3) is 0 Å². The van der Waals surface area contributed by atoms with Crippen molar-refractivity contribution >= 4 is 5.97 Å². The molecule has 0 aromatic carbocycles. The molecule has 0 unspecified atom stereocenters. The van der Waals surface area contributed by atoms with Gasteiger partial charge in [0, 0.05) is 19.6 Å². The Kier molecular flexibility index (Phi) is 9.85. The lowest BCUT2D eigenvalue weighted by atomic mass is 9.43. The average Bonchev–Trinajstić information content (AvgIpc) is 3.27. The van der Waals surface area contributed by atoms with Gasteiger partial charge in [-0.05, 0) is 98.7 Å². The van der Waals surface area contributed by atoms with E-state index in [4.69, 9.17) is 18.9 Å². The number of ether oxygens (including phenoxy) is 4. The van der Waals surface area contributed by atoms with Gasteiger partial charge >= 0.3 is 5.97 Å². The van der Waals surface area contributed by atoms with Crippen LogP contribution < -0.4 is 0 Å². The minimum atomic E-state index is -0.175. The Hall–Kier alpha value is -1.17. The highest BCUT2D eigenvalue weighted by Gasteiger charge is 2.66. The standard InChI is InChI=1S/C33H54O5/c1-8-11-30(34)38-18-10-12-22(3)25-13-14-26-31-27(21-29(33(25,26)5)37-17-9-2)32(4)16-15-24(35-6)19-23(32)20-28(31)36-7/h8-9,22-29,31H,1-2,10-21H2,3-7H3/t22-,23+,24-,25-,26+,27+,28-,29+,31+,32+,33-/m1/s1. The summed E-state index contributed by atoms with van der Waals surface area (Å²) < 4.78 is 24.3. The molecule has 216 valence electrons. The lowest BCUT2D eigenvalue weighted by Crippen LogP contribution is -2.63. The summed E-state index contributed by atoms with van der Waals surface area (Å²) in [7, 11) is 3.82. The molecule has 0 heterocycles. The summed E-state index contributed by atoms with van der Waals surface area (Å²) in [5.41, 5.74) is 0.442. The number of methoxy groups -OCH3 is 2. The van der Waals surface area contributed by atoms with Gasteiger partial charge in [0.15, 0.2) is 0 Å². The van der Waals surface area contributed by atoms with E-state index in [9.17, 15) is 4.79 Å². The lowest BCUT2D eigenvalue weighted by Gasteiger charge is -2.64. The molecule has 4 aliphatic carbocycles. The zero-order valence-corrected chi connectivity index (χ0v) is 24.8. The van der Waals surface area contributed by atoms with Crippen molar-refractivity contribution < 1.29 is 23.7 Å². The average molecular weight is 531 g/mol. The van der Waals surface area contributed by atoms with E-state index in [0.717, 1.165) is 32.1 Å². The molecule has 4 rings (SSSR count). The van der Waals surface area contributed by atoms with Crippen LogP contribution in [0.15, 0.2) is 25.3 Å². The SMILES string of the molecule is C=CCO[C@H]1C[C@H]2[C@@H]([C@H](OC)C[C@@H]3C[C@H](OC)CC[C@@]32C)[C@@H]2CC[C@H]([C@H](C)CCCOC(=O)CC=C)[C@@]12C. The number of carbonyl (C=O) groups excluding carboxylic acids is 1. The Morgan fingerprint density at radius 3 is 2.50 bits per heavy atom. The summed E-state index contributed by atoms with van der Waals surface area (Å²) in [6, 6.07) is 0. The molecule has 0 aliphatic heterocycles. The minimum absolute atomic E-state index is 0.118. The van der Waals surface area contributed by atoms with Gasteiger partial charge in [-0.25, -0.2) is 0 Å². The predicted octanol–water partition coefficient (Wildman–Crippen LogP) is 7.00. The van der Waals surface area contributed by atoms with E-state index in [1.54, 1.807) is 6.08 Å². The van der Waals surface area contributed by atoms with Gasteiger partial charge in [-0.1, -0.05) is 32.9 Å². The van der Waals surface area contributed by atoms with Crippen molar-refractivity contribution in [1.29, 1.82) is 0 Å². The predicted molar refractivity (Wildman–Crippen MR) is 152 cm³/mol. The molecule has 0 saturated heterocycles. The molecule has 0 N–H and O–H groups in total. The molecule has 0 amide bonds. The lowest BCUT2D eigenvalue weighted by molar-refractivity contribution is -0.221. The van der Waals surface area contributed by atoms with Crippen LogP contribution in [-0.4, -0.2) is 51.7 Å². The molecule has 0 aromatic heterocycles. The second-order valence-corrected chi connectivity index (χ2v) is 13.4. The third-order valence-electron chi connectivity index (χ3n) is 11.9. The van der Waals surface area contributed by atoms with Crippen LogP contribution in [0.3, 0.4) is 0 Å². The highest BCUT2D eigenvalue weighted by molar-refractivity contribution is 5.70. The molecule has 4 saturated carbocycles. The highest BCUT2D eigenvalue weighted by Crippen LogP contribution is 2.69. The summed E-state index contributed by atoms with van der Waals surface area (Å²) >= 11 is 0. The summed E-state index contributed by atoms with van der Waals surface area (Å²) in [6.07, 6.45) is 15.1. The Morgan fingerprint density at radius 2 is 1.82 bits per heavy atom. The fourth-order valence-electron chi connectivity index (χ4n) is 9.93. The van der Waals surface area contributed by atoms with Crippen molar-refractivity contribution in [3.8, 4) is 0 Å². The molecule has 5 heteroatoms. The van der Waals surface area contributed by atoms with Gasteiger partial charge in [0.05, 0.1) is 37.9 Å². The number of carbonyl (C=O) groups is 1. The van der Waals surface area contributed by atoms with Crippen molar-refractivity contribution in [3.63, 3.8) is 0 Å². The third-order valence-corrected chi connectivity index (χ3v) is 11.9. The normalized spacial score (nSPS) is 42.9. The first-order chi connectivity index (χ1) is 18.2. The van der Waals surface area contributed by atoms with Crippen molar-refractivity contribution in [3.05, 3.63) is 25.3 Å². The number of rotatable bonds is 12. The summed E-state index contributed by atoms with van der Waals surface area (Å²) in [5.74, 6) is 3.44. The van der Waals surface area contributed by atoms with E-state index in [2.05, 4.69) is 33.9 Å². The topological polar surface area (TPSA) is 54.0 Å². The zero-order valence-electron chi connectivity index (χ0n) is 24.8. The molecule has 0 aromatic rings. The van der Waals surface area contributed by atoms with Crippen LogP contribution in [0.25, 0.3) is 0 Å². The third kappa shape index (κ3) is 5.41. The van der Waals surface area contributed by atoms with E-state index in [1.165, 1.54) is 25.7 Å². The van der Waals surface area contributed by atoms with E-state index in [0.29, 0.717) is 66.3 Å². The Labute approximate surface area is 232 Å². The quantitative estimate of drug-likeness (QED) is 0.154. The van der Waals surface area contributed by atoms with Gasteiger partial charge in [-0.3, -0.25) is 4.79 Å². The Bertz CT molecular complexity index is 826. The van der Waals surface area contributed by atoms with Crippen molar-refractivity contribution in [1.82, 2.24) is 0 Å². The van der Waals surface area contributed by atoms with Gasteiger partial charge in [0.1, 0.15) is 0 Å². The maximum atomic E-state index is 11.7. The molecule has 4 aliphatic rings. The van der Waals surface area contributed by atoms with Crippen LogP contribution in [0.5, 0.6) is 0 Å². The number of esters is 1. The van der Waals surface area contributed by atoms with Crippen LogP contribution in [0.1, 0.15) is 85.0 Å². The van der Waals surface area contributed by atoms with E-state index in [-0.39, 0.29) is 23.9 Å². The Morgan fingerprint density at radius 1 is 1.03 bits per heavy atom. The molecule has 5 nitrogen and oxygen atoms in total. The maximum absolute atomic E-state index is 11.7. The molecule has 4 fully saturated rings. The number of fused-ring (bicyclic) bond motifs is 5. The second-order valence-electron chi connectivity index (χ2n) is 13.4.